The average molecular weight is 494 g/mol. The van der Waals surface area contributed by atoms with Gasteiger partial charge in [0.15, 0.2) is 0 Å². The molecule has 0 aliphatic rings. The van der Waals surface area contributed by atoms with Crippen molar-refractivity contribution in [2.45, 2.75) is 98.3 Å². The van der Waals surface area contributed by atoms with E-state index >= 15 is 0 Å². The van der Waals surface area contributed by atoms with Gasteiger partial charge in [0.25, 0.3) is 0 Å². The molecule has 198 valence electrons. The highest BCUT2D eigenvalue weighted by atomic mass is 16.5. The summed E-state index contributed by atoms with van der Waals surface area (Å²) in [5, 5.41) is 14.1. The maximum absolute atomic E-state index is 11.4. The molecular formula is C32H47NO3. The second kappa shape index (κ2) is 12.5. The van der Waals surface area contributed by atoms with Gasteiger partial charge in [0.05, 0.1) is 6.61 Å². The maximum Gasteiger partial charge on any atom is 0.243 e. The first-order chi connectivity index (χ1) is 16.8. The molecule has 0 unspecified atom stereocenters. The van der Waals surface area contributed by atoms with Gasteiger partial charge in [0.1, 0.15) is 11.5 Å². The summed E-state index contributed by atoms with van der Waals surface area (Å²) in [7, 11) is 0. The van der Waals surface area contributed by atoms with E-state index in [1.165, 1.54) is 22.8 Å². The van der Waals surface area contributed by atoms with Gasteiger partial charge in [-0.05, 0) is 70.4 Å². The lowest BCUT2D eigenvalue weighted by atomic mass is 9.81. The molecular weight excluding hydrogens is 446 g/mol. The van der Waals surface area contributed by atoms with Crippen LogP contribution in [-0.4, -0.2) is 24.2 Å². The molecule has 4 heteroatoms. The topological polar surface area (TPSA) is 58.6 Å². The van der Waals surface area contributed by atoms with Crippen molar-refractivity contribution in [3.8, 4) is 11.5 Å². The van der Waals surface area contributed by atoms with Crippen LogP contribution in [0.3, 0.4) is 0 Å². The summed E-state index contributed by atoms with van der Waals surface area (Å²) in [5.74, 6) is 1.17. The fraction of sp³-hybridized carbons (Fsp3) is 0.531. The van der Waals surface area contributed by atoms with Crippen molar-refractivity contribution >= 4 is 5.91 Å². The van der Waals surface area contributed by atoms with Crippen molar-refractivity contribution in [3.63, 3.8) is 0 Å². The Hall–Kier alpha value is -2.75. The lowest BCUT2D eigenvalue weighted by Crippen LogP contribution is -2.22. The molecule has 0 aromatic heterocycles. The summed E-state index contributed by atoms with van der Waals surface area (Å²) in [6.07, 6.45) is 5.44. The summed E-state index contributed by atoms with van der Waals surface area (Å²) < 4.78 is 6.48. The third kappa shape index (κ3) is 7.88. The largest absolute Gasteiger partial charge is 0.507 e. The van der Waals surface area contributed by atoms with E-state index in [4.69, 9.17) is 4.74 Å². The number of phenolic OH excluding ortho intramolecular Hbond substituents is 1. The van der Waals surface area contributed by atoms with Crippen LogP contribution >= 0.6 is 0 Å². The minimum Gasteiger partial charge on any atom is -0.507 e. The van der Waals surface area contributed by atoms with Crippen molar-refractivity contribution in [2.75, 3.05) is 13.2 Å². The van der Waals surface area contributed by atoms with Crippen LogP contribution in [-0.2, 0) is 34.9 Å². The summed E-state index contributed by atoms with van der Waals surface area (Å²) in [6, 6.07) is 8.80. The van der Waals surface area contributed by atoms with E-state index in [0.717, 1.165) is 48.1 Å². The Morgan fingerprint density at radius 1 is 0.917 bits per heavy atom. The monoisotopic (exact) mass is 493 g/mol. The average Bonchev–Trinajstić information content (AvgIpc) is 2.81. The first-order valence-electron chi connectivity index (χ1n) is 13.4. The zero-order valence-corrected chi connectivity index (χ0v) is 23.8. The van der Waals surface area contributed by atoms with Crippen LogP contribution in [0.5, 0.6) is 11.5 Å². The van der Waals surface area contributed by atoms with Crippen molar-refractivity contribution in [2.24, 2.45) is 0 Å². The van der Waals surface area contributed by atoms with Crippen molar-refractivity contribution in [1.29, 1.82) is 0 Å². The molecule has 2 aromatic rings. The third-order valence-electron chi connectivity index (χ3n) is 6.59. The number of phenols is 1. The molecule has 0 aliphatic heterocycles. The molecule has 1 amide bonds. The van der Waals surface area contributed by atoms with Gasteiger partial charge >= 0.3 is 0 Å². The molecule has 0 fully saturated rings. The van der Waals surface area contributed by atoms with Crippen LogP contribution < -0.4 is 10.1 Å². The molecule has 0 saturated carbocycles. The number of nitrogens with one attached hydrogen (secondary N) is 1. The van der Waals surface area contributed by atoms with E-state index in [9.17, 15) is 9.90 Å². The van der Waals surface area contributed by atoms with E-state index in [2.05, 4.69) is 91.6 Å². The molecule has 0 aliphatic carbocycles. The normalized spacial score (nSPS) is 11.9. The van der Waals surface area contributed by atoms with Gasteiger partial charge in [-0.1, -0.05) is 86.2 Å². The number of unbranched alkanes of at least 4 members (excludes halogenated alkanes) is 1. The molecule has 36 heavy (non-hydrogen) atoms. The fourth-order valence-electron chi connectivity index (χ4n) is 4.38. The molecule has 0 radical (unpaired) electrons. The zero-order valence-electron chi connectivity index (χ0n) is 23.8. The number of hydrogen-bond donors (Lipinski definition) is 2. The number of aryl methyl sites for hydroxylation is 2. The highest BCUT2D eigenvalue weighted by molar-refractivity contribution is 5.86. The molecule has 0 atom stereocenters. The number of carbonyl (C=O) groups excluding carboxylic acids is 1. The predicted molar refractivity (Wildman–Crippen MR) is 151 cm³/mol. The fourth-order valence-corrected chi connectivity index (χ4v) is 4.38. The molecule has 0 heterocycles. The molecule has 0 spiro atoms. The molecule has 2 rings (SSSR count). The lowest BCUT2D eigenvalue weighted by Gasteiger charge is -2.27. The van der Waals surface area contributed by atoms with Crippen LogP contribution in [0.2, 0.25) is 0 Å². The summed E-state index contributed by atoms with van der Waals surface area (Å²) in [5.41, 5.74) is 6.52. The SMILES string of the molecule is C=CC(=O)NCCCCOc1c(Cc2cc(CC)cc(C(C)(C)C)c2O)cc(CC)cc1C(C)(C)C. The van der Waals surface area contributed by atoms with Crippen LogP contribution in [0, 0.1) is 0 Å². The highest BCUT2D eigenvalue weighted by Gasteiger charge is 2.25. The van der Waals surface area contributed by atoms with Gasteiger partial charge in [-0.15, -0.1) is 0 Å². The lowest BCUT2D eigenvalue weighted by molar-refractivity contribution is -0.116. The number of aromatic hydroxyl groups is 1. The van der Waals surface area contributed by atoms with Crippen LogP contribution in [0.25, 0.3) is 0 Å². The quantitative estimate of drug-likeness (QED) is 0.258. The van der Waals surface area contributed by atoms with Crippen molar-refractivity contribution in [1.82, 2.24) is 5.32 Å². The van der Waals surface area contributed by atoms with Crippen LogP contribution in [0.1, 0.15) is 102 Å². The Bertz CT molecular complexity index is 1050. The van der Waals surface area contributed by atoms with Crippen molar-refractivity contribution in [3.05, 3.63) is 70.3 Å². The summed E-state index contributed by atoms with van der Waals surface area (Å²) in [6.45, 7) is 22.1. The third-order valence-corrected chi connectivity index (χ3v) is 6.59. The minimum absolute atomic E-state index is 0.0862. The Morgan fingerprint density at radius 2 is 1.47 bits per heavy atom. The number of hydrogen-bond acceptors (Lipinski definition) is 3. The van der Waals surface area contributed by atoms with Gasteiger partial charge in [-0.25, -0.2) is 0 Å². The smallest absolute Gasteiger partial charge is 0.243 e. The maximum atomic E-state index is 11.4. The number of amides is 1. The zero-order chi connectivity index (χ0) is 27.1. The van der Waals surface area contributed by atoms with Gasteiger partial charge in [-0.3, -0.25) is 4.79 Å². The van der Waals surface area contributed by atoms with Gasteiger partial charge in [0.2, 0.25) is 5.91 Å². The van der Waals surface area contributed by atoms with Crippen LogP contribution in [0.4, 0.5) is 0 Å². The molecule has 2 N–H and O–H groups in total. The molecule has 0 saturated heterocycles. The van der Waals surface area contributed by atoms with E-state index in [0.29, 0.717) is 25.3 Å². The van der Waals surface area contributed by atoms with E-state index in [1.54, 1.807) is 0 Å². The van der Waals surface area contributed by atoms with E-state index in [-0.39, 0.29) is 16.7 Å². The molecule has 4 nitrogen and oxygen atoms in total. The number of benzene rings is 2. The van der Waals surface area contributed by atoms with E-state index in [1.807, 2.05) is 0 Å². The van der Waals surface area contributed by atoms with Crippen molar-refractivity contribution < 1.29 is 14.6 Å². The minimum atomic E-state index is -0.147. The van der Waals surface area contributed by atoms with Gasteiger partial charge < -0.3 is 15.2 Å². The Labute approximate surface area is 219 Å². The number of carbonyl (C=O) groups is 1. The second-order valence-corrected chi connectivity index (χ2v) is 11.7. The standard InChI is InChI=1S/C32H47NO3/c1-10-22-17-24(29(35)26(19-22)31(4,5)6)21-25-18-23(11-2)20-27(32(7,8)9)30(25)36-16-14-13-15-33-28(34)12-3/h12,17-20,35H,3,10-11,13-16,21H2,1-2,4-9H3,(H,33,34). The predicted octanol–water partition coefficient (Wildman–Crippen LogP) is 7.16. The molecule has 2 aromatic carbocycles. The highest BCUT2D eigenvalue weighted by Crippen LogP contribution is 2.40. The summed E-state index contributed by atoms with van der Waals surface area (Å²) >= 11 is 0. The number of rotatable bonds is 11. The Morgan fingerprint density at radius 3 is 2.00 bits per heavy atom. The first kappa shape index (κ1) is 29.5. The summed E-state index contributed by atoms with van der Waals surface area (Å²) in [4.78, 5) is 11.4. The van der Waals surface area contributed by atoms with Gasteiger partial charge in [0, 0.05) is 18.5 Å². The number of ether oxygens (including phenoxy) is 1. The van der Waals surface area contributed by atoms with Gasteiger partial charge in [-0.2, -0.15) is 0 Å². The van der Waals surface area contributed by atoms with Crippen LogP contribution in [0.15, 0.2) is 36.9 Å². The Kier molecular flexibility index (Phi) is 10.2. The second-order valence-electron chi connectivity index (χ2n) is 11.7. The first-order valence-corrected chi connectivity index (χ1v) is 13.4. The molecule has 0 bridgehead atoms. The van der Waals surface area contributed by atoms with E-state index < -0.39 is 0 Å². The Balaban J connectivity index is 2.46.